The Hall–Kier alpha value is -0.850. The Morgan fingerprint density at radius 1 is 1.14 bits per heavy atom. The van der Waals surface area contributed by atoms with Crippen molar-refractivity contribution in [1.29, 1.82) is 0 Å². The third kappa shape index (κ3) is 4.40. The zero-order valence-corrected chi connectivity index (χ0v) is 8.70. The van der Waals surface area contributed by atoms with Crippen LogP contribution in [-0.2, 0) is 14.2 Å². The van der Waals surface area contributed by atoms with Crippen molar-refractivity contribution in [2.75, 3.05) is 19.8 Å². The SMILES string of the molecule is CCOC(NC(=O)O)(OCC)OCC. The molecule has 6 nitrogen and oxygen atoms in total. The third-order valence-corrected chi connectivity index (χ3v) is 1.26. The van der Waals surface area contributed by atoms with Crippen LogP contribution in [0.2, 0.25) is 0 Å². The van der Waals surface area contributed by atoms with Gasteiger partial charge < -0.3 is 19.3 Å². The molecule has 0 aliphatic heterocycles. The Labute approximate surface area is 83.1 Å². The van der Waals surface area contributed by atoms with Gasteiger partial charge in [-0.1, -0.05) is 0 Å². The first-order valence-electron chi connectivity index (χ1n) is 4.53. The lowest BCUT2D eigenvalue weighted by Crippen LogP contribution is -2.54. The topological polar surface area (TPSA) is 77.0 Å². The molecular weight excluding hydrogens is 190 g/mol. The van der Waals surface area contributed by atoms with Crippen LogP contribution in [0.3, 0.4) is 0 Å². The van der Waals surface area contributed by atoms with Gasteiger partial charge in [0.15, 0.2) is 0 Å². The normalized spacial score (nSPS) is 11.4. The highest BCUT2D eigenvalue weighted by atomic mass is 16.9. The molecule has 0 aliphatic rings. The maximum atomic E-state index is 10.5. The molecule has 0 radical (unpaired) electrons. The van der Waals surface area contributed by atoms with Crippen LogP contribution >= 0.6 is 0 Å². The quantitative estimate of drug-likeness (QED) is 0.608. The summed E-state index contributed by atoms with van der Waals surface area (Å²) in [6, 6.07) is 0. The summed E-state index contributed by atoms with van der Waals surface area (Å²) in [5.41, 5.74) is 0. The number of carbonyl (C=O) groups is 1. The lowest BCUT2D eigenvalue weighted by atomic mass is 10.7. The summed E-state index contributed by atoms with van der Waals surface area (Å²) in [6.07, 6.45) is -2.94. The van der Waals surface area contributed by atoms with Crippen LogP contribution < -0.4 is 5.32 Å². The van der Waals surface area contributed by atoms with Crippen molar-refractivity contribution in [2.45, 2.75) is 26.9 Å². The molecule has 0 unspecified atom stereocenters. The fraction of sp³-hybridized carbons (Fsp3) is 0.875. The zero-order chi connectivity index (χ0) is 11.0. The maximum Gasteiger partial charge on any atom is 0.410 e. The predicted molar refractivity (Wildman–Crippen MR) is 48.8 cm³/mol. The predicted octanol–water partition coefficient (Wildman–Crippen LogP) is 0.975. The van der Waals surface area contributed by atoms with Gasteiger partial charge in [0.2, 0.25) is 0 Å². The molecule has 0 saturated heterocycles. The van der Waals surface area contributed by atoms with Crippen molar-refractivity contribution in [3.63, 3.8) is 0 Å². The van der Waals surface area contributed by atoms with E-state index in [0.717, 1.165) is 0 Å². The average Bonchev–Trinajstić information content (AvgIpc) is 2.03. The van der Waals surface area contributed by atoms with Gasteiger partial charge in [0.25, 0.3) is 0 Å². The van der Waals surface area contributed by atoms with Crippen LogP contribution in [0.15, 0.2) is 0 Å². The Kier molecular flexibility index (Phi) is 6.18. The molecule has 0 aromatic carbocycles. The van der Waals surface area contributed by atoms with Gasteiger partial charge in [-0.25, -0.2) is 10.1 Å². The first-order valence-corrected chi connectivity index (χ1v) is 4.53. The second-order valence-electron chi connectivity index (χ2n) is 2.29. The van der Waals surface area contributed by atoms with E-state index >= 15 is 0 Å². The second kappa shape index (κ2) is 6.58. The van der Waals surface area contributed by atoms with Crippen LogP contribution in [0.1, 0.15) is 20.8 Å². The molecule has 6 heteroatoms. The fourth-order valence-electron chi connectivity index (χ4n) is 0.934. The molecule has 0 atom stereocenters. The van der Waals surface area contributed by atoms with E-state index in [1.807, 2.05) is 5.32 Å². The second-order valence-corrected chi connectivity index (χ2v) is 2.29. The molecule has 0 aromatic rings. The number of hydrogen-bond donors (Lipinski definition) is 2. The smallest absolute Gasteiger partial charge is 0.410 e. The van der Waals surface area contributed by atoms with E-state index in [1.54, 1.807) is 20.8 Å². The average molecular weight is 207 g/mol. The van der Waals surface area contributed by atoms with Crippen molar-refractivity contribution in [2.24, 2.45) is 0 Å². The van der Waals surface area contributed by atoms with Crippen LogP contribution in [0, 0.1) is 0 Å². The highest BCUT2D eigenvalue weighted by Gasteiger charge is 2.34. The Balaban J connectivity index is 4.45. The number of ether oxygens (including phenoxy) is 3. The molecule has 0 spiro atoms. The standard InChI is InChI=1S/C8H17NO5/c1-4-12-8(13-5-2,14-6-3)9-7(10)11/h9H,4-6H2,1-3H3,(H,10,11). The molecule has 0 fully saturated rings. The molecule has 0 aromatic heterocycles. The van der Waals surface area contributed by atoms with Crippen LogP contribution in [0.5, 0.6) is 0 Å². The van der Waals surface area contributed by atoms with Crippen LogP contribution in [0.4, 0.5) is 4.79 Å². The molecule has 0 aliphatic carbocycles. The van der Waals surface area contributed by atoms with Gasteiger partial charge in [0.1, 0.15) is 0 Å². The van der Waals surface area contributed by atoms with Gasteiger partial charge in [0.05, 0.1) is 19.8 Å². The summed E-state index contributed by atoms with van der Waals surface area (Å²) in [5, 5.41) is 10.6. The van der Waals surface area contributed by atoms with Gasteiger partial charge in [-0.15, -0.1) is 0 Å². The fourth-order valence-corrected chi connectivity index (χ4v) is 0.934. The van der Waals surface area contributed by atoms with Gasteiger partial charge in [-0.2, -0.15) is 0 Å². The number of nitrogens with one attached hydrogen (secondary N) is 1. The van der Waals surface area contributed by atoms with E-state index in [9.17, 15) is 4.79 Å². The summed E-state index contributed by atoms with van der Waals surface area (Å²) < 4.78 is 15.3. The Morgan fingerprint density at radius 2 is 1.50 bits per heavy atom. The molecule has 0 rings (SSSR count). The van der Waals surface area contributed by atoms with E-state index in [4.69, 9.17) is 19.3 Å². The van der Waals surface area contributed by atoms with Crippen molar-refractivity contribution in [1.82, 2.24) is 5.32 Å². The molecule has 1 amide bonds. The zero-order valence-electron chi connectivity index (χ0n) is 8.70. The number of rotatable bonds is 7. The van der Waals surface area contributed by atoms with Gasteiger partial charge in [-0.3, -0.25) is 0 Å². The highest BCUT2D eigenvalue weighted by Crippen LogP contribution is 2.11. The van der Waals surface area contributed by atoms with E-state index in [1.165, 1.54) is 0 Å². The first-order chi connectivity index (χ1) is 6.60. The molecule has 0 saturated carbocycles. The minimum atomic E-state index is -1.68. The van der Waals surface area contributed by atoms with E-state index in [2.05, 4.69) is 0 Å². The van der Waals surface area contributed by atoms with Crippen molar-refractivity contribution >= 4 is 6.09 Å². The molecular formula is C8H17NO5. The lowest BCUT2D eigenvalue weighted by molar-refractivity contribution is -0.387. The summed E-state index contributed by atoms with van der Waals surface area (Å²) in [7, 11) is 0. The minimum Gasteiger partial charge on any atom is -0.465 e. The summed E-state index contributed by atoms with van der Waals surface area (Å²) in [4.78, 5) is 10.5. The van der Waals surface area contributed by atoms with E-state index < -0.39 is 12.2 Å². The van der Waals surface area contributed by atoms with E-state index in [-0.39, 0.29) is 19.8 Å². The highest BCUT2D eigenvalue weighted by molar-refractivity contribution is 5.64. The molecule has 0 bridgehead atoms. The maximum absolute atomic E-state index is 10.5. The van der Waals surface area contributed by atoms with Crippen molar-refractivity contribution in [3.8, 4) is 0 Å². The summed E-state index contributed by atoms with van der Waals surface area (Å²) >= 11 is 0. The van der Waals surface area contributed by atoms with Crippen LogP contribution in [-0.4, -0.2) is 37.1 Å². The Bertz CT molecular complexity index is 156. The monoisotopic (exact) mass is 207 g/mol. The number of amides is 1. The lowest BCUT2D eigenvalue weighted by Gasteiger charge is -2.30. The van der Waals surface area contributed by atoms with Gasteiger partial charge in [0, 0.05) is 0 Å². The third-order valence-electron chi connectivity index (χ3n) is 1.26. The Morgan fingerprint density at radius 3 is 1.71 bits per heavy atom. The van der Waals surface area contributed by atoms with Crippen molar-refractivity contribution < 1.29 is 24.1 Å². The van der Waals surface area contributed by atoms with E-state index in [0.29, 0.717) is 0 Å². The molecule has 84 valence electrons. The number of hydrogen-bond acceptors (Lipinski definition) is 4. The largest absolute Gasteiger partial charge is 0.465 e. The van der Waals surface area contributed by atoms with Gasteiger partial charge in [-0.05, 0) is 20.8 Å². The minimum absolute atomic E-state index is 0.278. The van der Waals surface area contributed by atoms with Gasteiger partial charge >= 0.3 is 12.2 Å². The molecule has 0 heterocycles. The first kappa shape index (κ1) is 13.2. The van der Waals surface area contributed by atoms with Crippen LogP contribution in [0.25, 0.3) is 0 Å². The summed E-state index contributed by atoms with van der Waals surface area (Å²) in [6.45, 7) is 5.99. The molecule has 14 heavy (non-hydrogen) atoms. The van der Waals surface area contributed by atoms with Crippen molar-refractivity contribution in [3.05, 3.63) is 0 Å². The molecule has 2 N–H and O–H groups in total. The number of carboxylic acid groups (broad SMARTS) is 1. The summed E-state index contributed by atoms with van der Waals surface area (Å²) in [5.74, 6) is 0.